The van der Waals surface area contributed by atoms with E-state index in [2.05, 4.69) is 9.88 Å². The van der Waals surface area contributed by atoms with Crippen LogP contribution in [0.1, 0.15) is 49.3 Å². The molecule has 3 fully saturated rings. The third-order valence-corrected chi connectivity index (χ3v) is 8.42. The van der Waals surface area contributed by atoms with E-state index in [0.717, 1.165) is 32.4 Å². The molecule has 1 saturated carbocycles. The Morgan fingerprint density at radius 3 is 2.37 bits per heavy atom. The van der Waals surface area contributed by atoms with Gasteiger partial charge in [-0.2, -0.15) is 13.2 Å². The van der Waals surface area contributed by atoms with Crippen molar-refractivity contribution in [2.45, 2.75) is 50.2 Å². The maximum Gasteiger partial charge on any atom is 0.417 e. The van der Waals surface area contributed by atoms with Gasteiger partial charge in [0.25, 0.3) is 0 Å². The Morgan fingerprint density at radius 1 is 1.15 bits per heavy atom. The van der Waals surface area contributed by atoms with Gasteiger partial charge in [-0.25, -0.2) is 12.8 Å². The van der Waals surface area contributed by atoms with E-state index in [9.17, 15) is 26.0 Å². The lowest BCUT2D eigenvalue weighted by atomic mass is 9.83. The van der Waals surface area contributed by atoms with E-state index in [1.54, 1.807) is 0 Å². The first kappa shape index (κ1) is 19.1. The normalized spacial score (nSPS) is 30.4. The van der Waals surface area contributed by atoms with Gasteiger partial charge in [0.05, 0.1) is 22.8 Å². The molecular formula is C18H22F4N2O2S. The average molecular weight is 406 g/mol. The monoisotopic (exact) mass is 406 g/mol. The molecule has 3 aliphatic rings. The molecule has 0 aromatic carbocycles. The van der Waals surface area contributed by atoms with Crippen molar-refractivity contribution in [3.05, 3.63) is 29.3 Å². The van der Waals surface area contributed by atoms with E-state index < -0.39 is 27.4 Å². The number of hydrogen-bond acceptors (Lipinski definition) is 4. The molecule has 150 valence electrons. The van der Waals surface area contributed by atoms with E-state index >= 15 is 0 Å². The van der Waals surface area contributed by atoms with Crippen LogP contribution in [-0.4, -0.2) is 48.9 Å². The number of aromatic nitrogens is 1. The lowest BCUT2D eigenvalue weighted by Crippen LogP contribution is -2.51. The fourth-order valence-electron chi connectivity index (χ4n) is 5.03. The van der Waals surface area contributed by atoms with Gasteiger partial charge in [-0.15, -0.1) is 0 Å². The van der Waals surface area contributed by atoms with E-state index in [0.29, 0.717) is 31.1 Å². The van der Waals surface area contributed by atoms with Crippen molar-refractivity contribution in [2.75, 3.05) is 24.6 Å². The highest BCUT2D eigenvalue weighted by atomic mass is 32.2. The fourth-order valence-corrected chi connectivity index (χ4v) is 7.28. The van der Waals surface area contributed by atoms with Crippen LogP contribution in [0.4, 0.5) is 17.6 Å². The summed E-state index contributed by atoms with van der Waals surface area (Å²) in [6.45, 7) is 1.69. The second kappa shape index (κ2) is 6.40. The van der Waals surface area contributed by atoms with Crippen molar-refractivity contribution in [3.63, 3.8) is 0 Å². The van der Waals surface area contributed by atoms with Gasteiger partial charge in [0.15, 0.2) is 9.84 Å². The second-order valence-electron chi connectivity index (χ2n) is 8.35. The number of hydrogen-bond donors (Lipinski definition) is 0. The number of pyridine rings is 1. The molecule has 0 amide bonds. The largest absolute Gasteiger partial charge is 0.417 e. The van der Waals surface area contributed by atoms with Crippen LogP contribution in [-0.2, 0) is 16.0 Å². The molecule has 0 N–H and O–H groups in total. The predicted molar refractivity (Wildman–Crippen MR) is 91.5 cm³/mol. The van der Waals surface area contributed by atoms with E-state index in [1.165, 1.54) is 0 Å². The molecule has 0 unspecified atom stereocenters. The van der Waals surface area contributed by atoms with Crippen molar-refractivity contribution in [1.29, 1.82) is 0 Å². The van der Waals surface area contributed by atoms with Crippen LogP contribution in [0.15, 0.2) is 12.3 Å². The molecule has 3 heterocycles. The minimum absolute atomic E-state index is 0.0726. The van der Waals surface area contributed by atoms with Crippen molar-refractivity contribution in [3.8, 4) is 0 Å². The van der Waals surface area contributed by atoms with Crippen LogP contribution in [0.5, 0.6) is 0 Å². The van der Waals surface area contributed by atoms with Gasteiger partial charge >= 0.3 is 6.18 Å². The quantitative estimate of drug-likeness (QED) is 0.707. The Hall–Kier alpha value is -1.22. The van der Waals surface area contributed by atoms with Crippen molar-refractivity contribution >= 4 is 9.84 Å². The van der Waals surface area contributed by atoms with Gasteiger partial charge in [-0.05, 0) is 44.7 Å². The van der Waals surface area contributed by atoms with Crippen LogP contribution >= 0.6 is 0 Å². The predicted octanol–water partition coefficient (Wildman–Crippen LogP) is 3.39. The molecule has 2 aliphatic heterocycles. The summed E-state index contributed by atoms with van der Waals surface area (Å²) in [6.07, 6.45) is 0.0481. The minimum Gasteiger partial charge on any atom is -0.300 e. The summed E-state index contributed by atoms with van der Waals surface area (Å²) < 4.78 is 75.2. The van der Waals surface area contributed by atoms with Crippen LogP contribution in [0.3, 0.4) is 0 Å². The van der Waals surface area contributed by atoms with Crippen molar-refractivity contribution in [2.24, 2.45) is 5.41 Å². The van der Waals surface area contributed by atoms with E-state index in [1.807, 2.05) is 0 Å². The van der Waals surface area contributed by atoms with Crippen LogP contribution in [0, 0.1) is 11.2 Å². The van der Waals surface area contributed by atoms with Crippen molar-refractivity contribution < 1.29 is 26.0 Å². The molecule has 1 spiro atoms. The number of likely N-dealkylation sites (tertiary alicyclic amines) is 1. The summed E-state index contributed by atoms with van der Waals surface area (Å²) in [4.78, 5) is 6.13. The lowest BCUT2D eigenvalue weighted by Gasteiger charge is -2.40. The highest BCUT2D eigenvalue weighted by Gasteiger charge is 2.53. The van der Waals surface area contributed by atoms with Gasteiger partial charge in [0.1, 0.15) is 5.82 Å². The first-order valence-electron chi connectivity index (χ1n) is 9.24. The minimum atomic E-state index is -4.59. The summed E-state index contributed by atoms with van der Waals surface area (Å²) in [5.41, 5.74) is -1.00. The Bertz CT molecular complexity index is 820. The molecule has 4 nitrogen and oxygen atoms in total. The number of nitrogens with zero attached hydrogens (tertiary/aromatic N) is 2. The summed E-state index contributed by atoms with van der Waals surface area (Å²) in [5.74, 6) is -0.476. The van der Waals surface area contributed by atoms with Gasteiger partial charge in [-0.1, -0.05) is 0 Å². The van der Waals surface area contributed by atoms with Gasteiger partial charge in [0.2, 0.25) is 0 Å². The highest BCUT2D eigenvalue weighted by Crippen LogP contribution is 2.44. The zero-order valence-electron chi connectivity index (χ0n) is 14.8. The molecule has 4 rings (SSSR count). The third-order valence-electron chi connectivity index (χ3n) is 6.32. The molecule has 0 bridgehead atoms. The van der Waals surface area contributed by atoms with Gasteiger partial charge in [0, 0.05) is 30.1 Å². The molecular weight excluding hydrogens is 384 g/mol. The SMILES string of the molecule is O=S1(=O)CC2(CCN(C3CCC(c4ncc(C(F)(F)F)cc4F)CC3)C2)C1. The van der Waals surface area contributed by atoms with Crippen LogP contribution in [0.2, 0.25) is 0 Å². The topological polar surface area (TPSA) is 50.3 Å². The number of halogens is 4. The number of sulfone groups is 1. The van der Waals surface area contributed by atoms with Crippen LogP contribution < -0.4 is 0 Å². The van der Waals surface area contributed by atoms with Gasteiger partial charge in [-0.3, -0.25) is 9.88 Å². The Kier molecular flexibility index (Phi) is 4.53. The summed E-state index contributed by atoms with van der Waals surface area (Å²) in [7, 11) is -2.85. The lowest BCUT2D eigenvalue weighted by molar-refractivity contribution is -0.138. The highest BCUT2D eigenvalue weighted by molar-refractivity contribution is 7.92. The first-order valence-corrected chi connectivity index (χ1v) is 11.1. The molecule has 1 aliphatic carbocycles. The molecule has 1 aromatic heterocycles. The maximum atomic E-state index is 14.2. The number of alkyl halides is 3. The van der Waals surface area contributed by atoms with Gasteiger partial charge < -0.3 is 0 Å². The molecule has 27 heavy (non-hydrogen) atoms. The molecule has 0 atom stereocenters. The average Bonchev–Trinajstić information content (AvgIpc) is 2.97. The second-order valence-corrected chi connectivity index (χ2v) is 10.4. The standard InChI is InChI=1S/C18H22F4N2O2S/c19-15-7-13(18(20,21)22)8-23-16(15)12-1-3-14(4-2-12)24-6-5-17(9-24)10-27(25,26)11-17/h7-8,12,14H,1-6,9-11H2. The Labute approximate surface area is 155 Å². The zero-order valence-corrected chi connectivity index (χ0v) is 15.6. The maximum absolute atomic E-state index is 14.2. The third kappa shape index (κ3) is 3.72. The summed E-state index contributed by atoms with van der Waals surface area (Å²) in [6, 6.07) is 0.872. The first-order chi connectivity index (χ1) is 12.6. The molecule has 9 heteroatoms. The zero-order chi connectivity index (χ0) is 19.4. The smallest absolute Gasteiger partial charge is 0.300 e. The van der Waals surface area contributed by atoms with Crippen molar-refractivity contribution in [1.82, 2.24) is 9.88 Å². The Balaban J connectivity index is 1.36. The summed E-state index contributed by atoms with van der Waals surface area (Å²) >= 11 is 0. The van der Waals surface area contributed by atoms with Crippen LogP contribution in [0.25, 0.3) is 0 Å². The summed E-state index contributed by atoms with van der Waals surface area (Å²) in [5, 5.41) is 0. The molecule has 0 radical (unpaired) electrons. The number of rotatable bonds is 2. The molecule has 1 aromatic rings. The fraction of sp³-hybridized carbons (Fsp3) is 0.722. The van der Waals surface area contributed by atoms with E-state index in [4.69, 9.17) is 0 Å². The van der Waals surface area contributed by atoms with E-state index in [-0.39, 0.29) is 28.5 Å². The molecule has 2 saturated heterocycles. The Morgan fingerprint density at radius 2 is 1.81 bits per heavy atom.